The largest absolute Gasteiger partial charge is 0.310 e. The summed E-state index contributed by atoms with van der Waals surface area (Å²) in [7, 11) is 6.34. The molecule has 0 bridgehead atoms. The van der Waals surface area contributed by atoms with Crippen LogP contribution in [-0.2, 0) is 10.0 Å². The van der Waals surface area contributed by atoms with Crippen LogP contribution in [0.3, 0.4) is 0 Å². The van der Waals surface area contributed by atoms with Crippen molar-refractivity contribution < 1.29 is 4.79 Å². The highest BCUT2D eigenvalue weighted by molar-refractivity contribution is 6.56. The summed E-state index contributed by atoms with van der Waals surface area (Å²) in [4.78, 5) is 23.5. The van der Waals surface area contributed by atoms with Gasteiger partial charge in [0.2, 0.25) is 5.91 Å². The van der Waals surface area contributed by atoms with Crippen molar-refractivity contribution in [3.63, 3.8) is 0 Å². The molecule has 4 rings (SSSR count). The molecule has 0 aliphatic carbocycles. The molecular weight excluding hydrogens is 361 g/mol. The van der Waals surface area contributed by atoms with Gasteiger partial charge in [-0.15, -0.1) is 0 Å². The predicted octanol–water partition coefficient (Wildman–Crippen LogP) is -0.615. The lowest BCUT2D eigenvalue weighted by Gasteiger charge is -2.25. The van der Waals surface area contributed by atoms with Gasteiger partial charge in [0.15, 0.2) is 0 Å². The van der Waals surface area contributed by atoms with Crippen LogP contribution in [0.25, 0.3) is 22.0 Å². The van der Waals surface area contributed by atoms with Gasteiger partial charge in [0, 0.05) is 29.5 Å². The third-order valence-corrected chi connectivity index (χ3v) is 5.25. The fourth-order valence-corrected chi connectivity index (χ4v) is 3.59. The van der Waals surface area contributed by atoms with Gasteiger partial charge in [0.05, 0.1) is 18.4 Å². The molecule has 29 heavy (non-hydrogen) atoms. The molecule has 1 N–H and O–H groups in total. The zero-order valence-electron chi connectivity index (χ0n) is 17.4. The van der Waals surface area contributed by atoms with E-state index in [4.69, 9.17) is 0 Å². The summed E-state index contributed by atoms with van der Waals surface area (Å²) in [5.41, 5.74) is 1.82. The molecule has 3 aromatic heterocycles. The lowest BCUT2D eigenvalue weighted by Crippen LogP contribution is -2.36. The molecule has 1 aliphatic rings. The number of aromatic nitrogens is 4. The third-order valence-electron chi connectivity index (χ3n) is 5.25. The van der Waals surface area contributed by atoms with Crippen LogP contribution in [0.1, 0.15) is 19.3 Å². The number of nitrogens with one attached hydrogen (secondary N) is 1. The second-order valence-electron chi connectivity index (χ2n) is 8.72. The van der Waals surface area contributed by atoms with E-state index >= 15 is 0 Å². The number of nitrogens with zero attached hydrogens (tertiary/aromatic N) is 5. The van der Waals surface area contributed by atoms with Crippen molar-refractivity contribution in [3.05, 3.63) is 36.9 Å². The van der Waals surface area contributed by atoms with Gasteiger partial charge in [0.1, 0.15) is 29.4 Å². The number of hydrogen-bond donors (Lipinski definition) is 1. The second kappa shape index (κ2) is 8.03. The highest BCUT2D eigenvalue weighted by Gasteiger charge is 2.16. The molecule has 1 aliphatic heterocycles. The average molecular weight is 386 g/mol. The maximum absolute atomic E-state index is 12.4. The van der Waals surface area contributed by atoms with E-state index in [0.717, 1.165) is 35.1 Å². The van der Waals surface area contributed by atoms with Gasteiger partial charge < -0.3 is 5.32 Å². The topological polar surface area (TPSA) is 75.9 Å². The number of carbonyl (C=O) groups is 1. The summed E-state index contributed by atoms with van der Waals surface area (Å²) in [5, 5.41) is 9.24. The highest BCUT2D eigenvalue weighted by Crippen LogP contribution is 2.23. The summed E-state index contributed by atoms with van der Waals surface area (Å²) in [6, 6.07) is 3.92. The van der Waals surface area contributed by atoms with Gasteiger partial charge in [0.25, 0.3) is 0 Å². The van der Waals surface area contributed by atoms with Crippen molar-refractivity contribution in [1.29, 1.82) is 0 Å². The number of fused-ring (bicyclic) bond motifs is 1. The summed E-state index contributed by atoms with van der Waals surface area (Å²) in [6.07, 6.45) is 11.0. The first-order valence-electron chi connectivity index (χ1n) is 10.2. The first-order valence-corrected chi connectivity index (χ1v) is 10.2. The Bertz CT molecular complexity index is 1030. The molecule has 3 aromatic rings. The maximum atomic E-state index is 12.4. The number of anilines is 1. The van der Waals surface area contributed by atoms with Crippen molar-refractivity contribution in [3.8, 4) is 11.3 Å². The van der Waals surface area contributed by atoms with Crippen molar-refractivity contribution >= 4 is 46.0 Å². The Kier molecular flexibility index (Phi) is 5.45. The van der Waals surface area contributed by atoms with Crippen molar-refractivity contribution in [2.45, 2.75) is 24.5 Å². The SMILES string of the molecule is BC(B)(B)n1cc(-c2cc3cc(NC(=O)CN4CCCCC4)ncc3cn2)cn1. The van der Waals surface area contributed by atoms with E-state index in [2.05, 4.69) is 48.8 Å². The average Bonchev–Trinajstić information content (AvgIpc) is 3.19. The normalized spacial score (nSPS) is 15.4. The standard InChI is InChI=1S/C19H25B3N6O/c20-19(21,22)28-11-15(10-25-28)16-6-13-7-17(24-9-14(13)8-23-16)26-18(29)12-27-4-2-1-3-5-27/h6-11H,1-5,12,20-22H2,(H,24,26,29). The molecule has 0 radical (unpaired) electrons. The molecule has 4 heterocycles. The number of carbonyl (C=O) groups excluding carboxylic acids is 1. The molecule has 0 aromatic carbocycles. The Hall–Kier alpha value is -2.61. The van der Waals surface area contributed by atoms with Gasteiger partial charge >= 0.3 is 0 Å². The quantitative estimate of drug-likeness (QED) is 0.593. The summed E-state index contributed by atoms with van der Waals surface area (Å²) in [5.74, 6) is 0.557. The molecular formula is C19H25B3N6O. The Morgan fingerprint density at radius 3 is 2.52 bits per heavy atom. The van der Waals surface area contributed by atoms with Crippen LogP contribution >= 0.6 is 0 Å². The van der Waals surface area contributed by atoms with E-state index in [0.29, 0.717) is 12.4 Å². The first kappa shape index (κ1) is 19.7. The number of rotatable bonds is 5. The number of amides is 1. The van der Waals surface area contributed by atoms with E-state index in [1.807, 2.05) is 35.4 Å². The predicted molar refractivity (Wildman–Crippen MR) is 123 cm³/mol. The second-order valence-corrected chi connectivity index (χ2v) is 8.72. The highest BCUT2D eigenvalue weighted by atomic mass is 16.2. The fraction of sp³-hybridized carbons (Fsp3) is 0.368. The van der Waals surface area contributed by atoms with Gasteiger partial charge in [-0.3, -0.25) is 19.4 Å². The zero-order chi connectivity index (χ0) is 20.4. The van der Waals surface area contributed by atoms with Gasteiger partial charge in [-0.25, -0.2) is 4.98 Å². The molecule has 146 valence electrons. The lowest BCUT2D eigenvalue weighted by molar-refractivity contribution is -0.117. The molecule has 0 saturated carbocycles. The molecule has 10 heteroatoms. The molecule has 1 amide bonds. The van der Waals surface area contributed by atoms with Gasteiger partial charge in [-0.2, -0.15) is 5.10 Å². The molecule has 0 unspecified atom stereocenters. The van der Waals surface area contributed by atoms with E-state index < -0.39 is 0 Å². The number of pyridine rings is 2. The van der Waals surface area contributed by atoms with Crippen LogP contribution in [-0.4, -0.2) is 73.7 Å². The third kappa shape index (κ3) is 4.70. The van der Waals surface area contributed by atoms with Crippen LogP contribution in [0.5, 0.6) is 0 Å². The van der Waals surface area contributed by atoms with E-state index in [1.165, 1.54) is 19.3 Å². The lowest BCUT2D eigenvalue weighted by atomic mass is 9.49. The summed E-state index contributed by atoms with van der Waals surface area (Å²) >= 11 is 0. The van der Waals surface area contributed by atoms with Crippen LogP contribution in [0, 0.1) is 0 Å². The number of likely N-dealkylation sites (tertiary alicyclic amines) is 1. The van der Waals surface area contributed by atoms with Gasteiger partial charge in [-0.1, -0.05) is 6.42 Å². The minimum absolute atomic E-state index is 0.0144. The maximum Gasteiger partial charge on any atom is 0.239 e. The van der Waals surface area contributed by atoms with Crippen LogP contribution in [0.4, 0.5) is 5.82 Å². The summed E-state index contributed by atoms with van der Waals surface area (Å²) < 4.78 is 1.94. The van der Waals surface area contributed by atoms with Crippen molar-refractivity contribution in [2.75, 3.05) is 25.0 Å². The number of piperidine rings is 1. The molecule has 1 fully saturated rings. The monoisotopic (exact) mass is 386 g/mol. The van der Waals surface area contributed by atoms with Crippen LogP contribution in [0.15, 0.2) is 36.9 Å². The van der Waals surface area contributed by atoms with Crippen molar-refractivity contribution in [2.24, 2.45) is 0 Å². The van der Waals surface area contributed by atoms with Crippen LogP contribution in [0.2, 0.25) is 0 Å². The Labute approximate surface area is 173 Å². The fourth-order valence-electron chi connectivity index (χ4n) is 3.59. The molecule has 0 atom stereocenters. The summed E-state index contributed by atoms with van der Waals surface area (Å²) in [6.45, 7) is 2.42. The minimum atomic E-state index is -0.0785. The molecule has 1 saturated heterocycles. The molecule has 0 spiro atoms. The molecule has 7 nitrogen and oxygen atoms in total. The van der Waals surface area contributed by atoms with E-state index in [9.17, 15) is 4.79 Å². The smallest absolute Gasteiger partial charge is 0.239 e. The van der Waals surface area contributed by atoms with Crippen molar-refractivity contribution in [1.82, 2.24) is 24.6 Å². The van der Waals surface area contributed by atoms with Gasteiger partial charge in [-0.05, 0) is 48.7 Å². The first-order chi connectivity index (χ1) is 13.9. The minimum Gasteiger partial charge on any atom is -0.310 e. The van der Waals surface area contributed by atoms with E-state index in [1.54, 1.807) is 6.20 Å². The number of hydrogen-bond acceptors (Lipinski definition) is 5. The Morgan fingerprint density at radius 2 is 1.79 bits per heavy atom. The zero-order valence-corrected chi connectivity index (χ0v) is 17.4. The Balaban J connectivity index is 1.52. The Morgan fingerprint density at radius 1 is 1.03 bits per heavy atom. The van der Waals surface area contributed by atoms with Crippen LogP contribution < -0.4 is 5.32 Å². The van der Waals surface area contributed by atoms with E-state index in [-0.39, 0.29) is 11.1 Å².